The van der Waals surface area contributed by atoms with Crippen LogP contribution in [0.1, 0.15) is 0 Å². The van der Waals surface area contributed by atoms with Gasteiger partial charge in [-0.2, -0.15) is 8.42 Å². The molecule has 1 aromatic carbocycles. The quantitative estimate of drug-likeness (QED) is 0.432. The van der Waals surface area contributed by atoms with Crippen LogP contribution >= 0.6 is 0 Å². The number of rotatable bonds is 6. The summed E-state index contributed by atoms with van der Waals surface area (Å²) in [6.07, 6.45) is 0.782. The Morgan fingerprint density at radius 1 is 1.17 bits per heavy atom. The van der Waals surface area contributed by atoms with Gasteiger partial charge in [0.15, 0.2) is 0 Å². The van der Waals surface area contributed by atoms with Crippen LogP contribution < -0.4 is 10.1 Å². The van der Waals surface area contributed by atoms with Crippen LogP contribution in [0.4, 0.5) is 5.69 Å². The minimum absolute atomic E-state index is 0.158. The Hall–Kier alpha value is -2.59. The van der Waals surface area contributed by atoms with E-state index in [1.807, 2.05) is 0 Å². The van der Waals surface area contributed by atoms with Crippen LogP contribution in [0.2, 0.25) is 0 Å². The number of esters is 2. The molecule has 0 aromatic heterocycles. The van der Waals surface area contributed by atoms with E-state index in [2.05, 4.69) is 14.8 Å². The largest absolute Gasteiger partial charge is 0.497 e. The summed E-state index contributed by atoms with van der Waals surface area (Å²) in [5, 5.41) is 2.41. The third-order valence-electron chi connectivity index (χ3n) is 2.60. The number of nitrogens with one attached hydrogen (secondary N) is 1. The van der Waals surface area contributed by atoms with Gasteiger partial charge in [-0.1, -0.05) is 0 Å². The number of benzene rings is 1. The van der Waals surface area contributed by atoms with Crippen molar-refractivity contribution in [1.82, 2.24) is 0 Å². The van der Waals surface area contributed by atoms with E-state index >= 15 is 0 Å². The Kier molecular flexibility index (Phi) is 6.10. The third kappa shape index (κ3) is 4.97. The molecule has 0 atom stereocenters. The summed E-state index contributed by atoms with van der Waals surface area (Å²) in [7, 11) is -1.13. The van der Waals surface area contributed by atoms with E-state index in [-0.39, 0.29) is 17.1 Å². The lowest BCUT2D eigenvalue weighted by atomic mass is 10.2. The van der Waals surface area contributed by atoms with Gasteiger partial charge in [0, 0.05) is 6.07 Å². The first-order valence-corrected chi connectivity index (χ1v) is 7.47. The summed E-state index contributed by atoms with van der Waals surface area (Å²) in [6.45, 7) is 0. The van der Waals surface area contributed by atoms with E-state index in [9.17, 15) is 22.6 Å². The molecule has 0 amide bonds. The van der Waals surface area contributed by atoms with Crippen molar-refractivity contribution in [3.63, 3.8) is 0 Å². The Morgan fingerprint density at radius 2 is 1.83 bits per heavy atom. The Labute approximate surface area is 132 Å². The van der Waals surface area contributed by atoms with Crippen LogP contribution in [-0.4, -0.2) is 46.2 Å². The average Bonchev–Trinajstić information content (AvgIpc) is 2.52. The lowest BCUT2D eigenvalue weighted by Crippen LogP contribution is -2.17. The number of methoxy groups -OCH3 is 3. The van der Waals surface area contributed by atoms with Crippen LogP contribution in [0, 0.1) is 0 Å². The van der Waals surface area contributed by atoms with Gasteiger partial charge < -0.3 is 19.5 Å². The standard InChI is InChI=1S/C13H15NO8S/c1-20-8-4-5-9(11(6-8)23(17,18)19)14-10(13(16)22-3)7-12(15)21-2/h4-7,14H,1-3H3,(H,17,18,19)/b10-7+. The van der Waals surface area contributed by atoms with Gasteiger partial charge in [0.2, 0.25) is 0 Å². The predicted molar refractivity (Wildman–Crippen MR) is 78.5 cm³/mol. The number of anilines is 1. The number of hydrogen-bond acceptors (Lipinski definition) is 8. The van der Waals surface area contributed by atoms with Gasteiger partial charge in [-0.3, -0.25) is 4.55 Å². The Morgan fingerprint density at radius 3 is 2.30 bits per heavy atom. The monoisotopic (exact) mass is 345 g/mol. The molecule has 1 aromatic rings. The van der Waals surface area contributed by atoms with Crippen molar-refractivity contribution in [3.05, 3.63) is 30.0 Å². The Balaban J connectivity index is 3.36. The fourth-order valence-corrected chi connectivity index (χ4v) is 2.19. The average molecular weight is 345 g/mol. The van der Waals surface area contributed by atoms with E-state index in [4.69, 9.17) is 4.74 Å². The summed E-state index contributed by atoms with van der Waals surface area (Å²) in [4.78, 5) is 22.4. The fourth-order valence-electron chi connectivity index (χ4n) is 1.52. The van der Waals surface area contributed by atoms with Crippen LogP contribution in [-0.2, 0) is 29.2 Å². The lowest BCUT2D eigenvalue weighted by molar-refractivity contribution is -0.138. The van der Waals surface area contributed by atoms with Gasteiger partial charge in [-0.15, -0.1) is 0 Å². The zero-order chi connectivity index (χ0) is 17.6. The van der Waals surface area contributed by atoms with E-state index in [0.717, 1.165) is 26.4 Å². The molecule has 1 rings (SSSR count). The summed E-state index contributed by atoms with van der Waals surface area (Å²) in [5.74, 6) is -1.63. The second kappa shape index (κ2) is 7.61. The van der Waals surface area contributed by atoms with Gasteiger partial charge in [-0.05, 0) is 12.1 Å². The highest BCUT2D eigenvalue weighted by Gasteiger charge is 2.20. The molecule has 0 aliphatic rings. The highest BCUT2D eigenvalue weighted by atomic mass is 32.2. The second-order valence-electron chi connectivity index (χ2n) is 4.03. The molecule has 0 radical (unpaired) electrons. The maximum absolute atomic E-state index is 11.7. The molecule has 0 saturated carbocycles. The van der Waals surface area contributed by atoms with Gasteiger partial charge in [-0.25, -0.2) is 9.59 Å². The molecule has 0 fully saturated rings. The molecule has 0 saturated heterocycles. The van der Waals surface area contributed by atoms with Crippen LogP contribution in [0.5, 0.6) is 5.75 Å². The molecule has 10 heteroatoms. The van der Waals surface area contributed by atoms with Crippen molar-refractivity contribution in [2.75, 3.05) is 26.6 Å². The first-order chi connectivity index (χ1) is 10.7. The van der Waals surface area contributed by atoms with Crippen molar-refractivity contribution in [2.45, 2.75) is 4.90 Å². The van der Waals surface area contributed by atoms with Gasteiger partial charge in [0.05, 0.1) is 33.1 Å². The maximum atomic E-state index is 11.7. The zero-order valence-corrected chi connectivity index (χ0v) is 13.3. The van der Waals surface area contributed by atoms with E-state index in [1.54, 1.807) is 0 Å². The van der Waals surface area contributed by atoms with Gasteiger partial charge in [0.25, 0.3) is 10.1 Å². The predicted octanol–water partition coefficient (Wildman–Crippen LogP) is 0.584. The molecular weight excluding hydrogens is 330 g/mol. The molecule has 0 aliphatic heterocycles. The van der Waals surface area contributed by atoms with Crippen LogP contribution in [0.3, 0.4) is 0 Å². The first-order valence-electron chi connectivity index (χ1n) is 6.03. The minimum atomic E-state index is -4.62. The highest BCUT2D eigenvalue weighted by molar-refractivity contribution is 7.86. The van der Waals surface area contributed by atoms with E-state index < -0.39 is 27.0 Å². The fraction of sp³-hybridized carbons (Fsp3) is 0.231. The molecular formula is C13H15NO8S. The summed E-state index contributed by atoms with van der Waals surface area (Å²) in [5.41, 5.74) is -0.539. The van der Waals surface area contributed by atoms with Crippen LogP contribution in [0.15, 0.2) is 34.9 Å². The van der Waals surface area contributed by atoms with Crippen molar-refractivity contribution in [1.29, 1.82) is 0 Å². The highest BCUT2D eigenvalue weighted by Crippen LogP contribution is 2.27. The second-order valence-corrected chi connectivity index (χ2v) is 5.42. The SMILES string of the molecule is COC(=O)/C=C(/Nc1ccc(OC)cc1S(=O)(=O)O)C(=O)OC. The summed E-state index contributed by atoms with van der Waals surface area (Å²) < 4.78 is 45.9. The van der Waals surface area contributed by atoms with E-state index in [1.165, 1.54) is 19.2 Å². The maximum Gasteiger partial charge on any atom is 0.354 e. The number of carbonyl (C=O) groups excluding carboxylic acids is 2. The van der Waals surface area contributed by atoms with Crippen molar-refractivity contribution in [2.24, 2.45) is 0 Å². The minimum Gasteiger partial charge on any atom is -0.497 e. The first kappa shape index (κ1) is 18.5. The Bertz CT molecular complexity index is 738. The zero-order valence-electron chi connectivity index (χ0n) is 12.5. The number of carbonyl (C=O) groups is 2. The van der Waals surface area contributed by atoms with Crippen molar-refractivity contribution < 1.29 is 36.8 Å². The molecule has 0 heterocycles. The lowest BCUT2D eigenvalue weighted by Gasteiger charge is -2.13. The third-order valence-corrected chi connectivity index (χ3v) is 3.50. The molecule has 0 unspecified atom stereocenters. The number of ether oxygens (including phenoxy) is 3. The molecule has 0 aliphatic carbocycles. The molecule has 0 spiro atoms. The van der Waals surface area contributed by atoms with Gasteiger partial charge in [0.1, 0.15) is 16.3 Å². The van der Waals surface area contributed by atoms with Crippen LogP contribution in [0.25, 0.3) is 0 Å². The van der Waals surface area contributed by atoms with Gasteiger partial charge >= 0.3 is 11.9 Å². The van der Waals surface area contributed by atoms with E-state index in [0.29, 0.717) is 0 Å². The smallest absolute Gasteiger partial charge is 0.354 e. The molecule has 126 valence electrons. The summed E-state index contributed by atoms with van der Waals surface area (Å²) in [6, 6.07) is 3.69. The summed E-state index contributed by atoms with van der Waals surface area (Å²) >= 11 is 0. The van der Waals surface area contributed by atoms with Crippen molar-refractivity contribution in [3.8, 4) is 5.75 Å². The molecule has 23 heavy (non-hydrogen) atoms. The molecule has 2 N–H and O–H groups in total. The number of hydrogen-bond donors (Lipinski definition) is 2. The topological polar surface area (TPSA) is 128 Å². The molecule has 0 bridgehead atoms. The normalized spacial score (nSPS) is 11.6. The van der Waals surface area contributed by atoms with Crippen molar-refractivity contribution >= 4 is 27.7 Å². The molecule has 9 nitrogen and oxygen atoms in total.